The minimum absolute atomic E-state index is 0.153. The fourth-order valence-corrected chi connectivity index (χ4v) is 9.35. The molecule has 8 atom stereocenters. The zero-order chi connectivity index (χ0) is 48.5. The lowest BCUT2D eigenvalue weighted by Crippen LogP contribution is -2.64. The van der Waals surface area contributed by atoms with E-state index in [2.05, 4.69) is 13.8 Å². The summed E-state index contributed by atoms with van der Waals surface area (Å²) in [5, 5.41) is 50.2. The van der Waals surface area contributed by atoms with Crippen LogP contribution in [0.15, 0.2) is 24.3 Å². The Balaban J connectivity index is 2.38. The third-order valence-corrected chi connectivity index (χ3v) is 13.6. The van der Waals surface area contributed by atoms with Crippen LogP contribution in [0.2, 0.25) is 0 Å². The Labute approximate surface area is 400 Å². The Morgan fingerprint density at radius 2 is 0.864 bits per heavy atom. The van der Waals surface area contributed by atoms with Crippen LogP contribution in [0.4, 0.5) is 0 Å². The second kappa shape index (κ2) is 42.2. The average Bonchev–Trinajstić information content (AvgIpc) is 3.30. The van der Waals surface area contributed by atoms with Crippen molar-refractivity contribution in [3.8, 4) is 0 Å². The molecule has 0 heterocycles. The highest BCUT2D eigenvalue weighted by Gasteiger charge is 2.51. The van der Waals surface area contributed by atoms with Crippen molar-refractivity contribution >= 4 is 19.8 Å². The molecule has 0 bridgehead atoms. The molecule has 6 unspecified atom stereocenters. The summed E-state index contributed by atoms with van der Waals surface area (Å²) < 4.78 is 33.4. The van der Waals surface area contributed by atoms with Crippen LogP contribution in [0.3, 0.4) is 0 Å². The van der Waals surface area contributed by atoms with Crippen molar-refractivity contribution in [3.05, 3.63) is 24.3 Å². The number of allylic oxidation sites excluding steroid dienone is 3. The maximum Gasteiger partial charge on any atom is 0.472 e. The maximum absolute atomic E-state index is 12.8. The van der Waals surface area contributed by atoms with E-state index in [0.717, 1.165) is 38.5 Å². The fraction of sp³-hybridized carbons (Fsp3) is 0.885. The van der Waals surface area contributed by atoms with Gasteiger partial charge in [-0.15, -0.1) is 0 Å². The Bertz CT molecular complexity index is 1250. The van der Waals surface area contributed by atoms with Crippen LogP contribution in [-0.2, 0) is 32.7 Å². The van der Waals surface area contributed by atoms with Gasteiger partial charge in [0, 0.05) is 12.5 Å². The molecule has 0 amide bonds. The third kappa shape index (κ3) is 33.8. The number of unbranched alkanes of at least 4 members (excludes halogenated alkanes) is 32. The maximum atomic E-state index is 12.8. The summed E-state index contributed by atoms with van der Waals surface area (Å²) in [6.07, 6.45) is 35.8. The van der Waals surface area contributed by atoms with Crippen LogP contribution in [0.1, 0.15) is 239 Å². The van der Waals surface area contributed by atoms with Gasteiger partial charge in [0.05, 0.1) is 6.61 Å². The van der Waals surface area contributed by atoms with E-state index in [1.165, 1.54) is 186 Å². The van der Waals surface area contributed by atoms with Crippen molar-refractivity contribution in [1.29, 1.82) is 0 Å². The van der Waals surface area contributed by atoms with Crippen LogP contribution in [-0.4, -0.2) is 98.3 Å². The van der Waals surface area contributed by atoms with Crippen molar-refractivity contribution in [2.75, 3.05) is 13.2 Å². The quantitative estimate of drug-likeness (QED) is 0.0110. The summed E-state index contributed by atoms with van der Waals surface area (Å²) in [7, 11) is -5.14. The highest BCUT2D eigenvalue weighted by atomic mass is 31.2. The van der Waals surface area contributed by atoms with E-state index < -0.39 is 75.7 Å². The van der Waals surface area contributed by atoms with E-state index in [-0.39, 0.29) is 6.42 Å². The molecule has 14 heteroatoms. The average molecular weight is 961 g/mol. The predicted octanol–water partition coefficient (Wildman–Crippen LogP) is 11.6. The van der Waals surface area contributed by atoms with Gasteiger partial charge in [-0.25, -0.2) is 9.36 Å². The first kappa shape index (κ1) is 62.3. The van der Waals surface area contributed by atoms with Gasteiger partial charge in [0.25, 0.3) is 0 Å². The summed E-state index contributed by atoms with van der Waals surface area (Å²) >= 11 is 0. The number of phosphoric acid groups is 1. The van der Waals surface area contributed by atoms with E-state index in [9.17, 15) is 44.6 Å². The number of ether oxygens (including phenoxy) is 2. The van der Waals surface area contributed by atoms with Crippen LogP contribution in [0.5, 0.6) is 0 Å². The molecule has 0 aliphatic heterocycles. The molecule has 13 nitrogen and oxygen atoms in total. The smallest absolute Gasteiger partial charge is 0.462 e. The van der Waals surface area contributed by atoms with Crippen molar-refractivity contribution in [2.24, 2.45) is 0 Å². The van der Waals surface area contributed by atoms with Crippen LogP contribution in [0.25, 0.3) is 0 Å². The van der Waals surface area contributed by atoms with E-state index >= 15 is 0 Å². The van der Waals surface area contributed by atoms with Crippen LogP contribution in [0, 0.1) is 0 Å². The molecule has 1 fully saturated rings. The monoisotopic (exact) mass is 961 g/mol. The molecule has 0 spiro atoms. The van der Waals surface area contributed by atoms with Crippen molar-refractivity contribution in [3.63, 3.8) is 0 Å². The van der Waals surface area contributed by atoms with E-state index in [1.54, 1.807) is 6.08 Å². The minimum Gasteiger partial charge on any atom is -0.462 e. The summed E-state index contributed by atoms with van der Waals surface area (Å²) in [5.41, 5.74) is 0. The van der Waals surface area contributed by atoms with Crippen molar-refractivity contribution in [2.45, 2.75) is 281 Å². The second-order valence-corrected chi connectivity index (χ2v) is 20.2. The van der Waals surface area contributed by atoms with Crippen LogP contribution >= 0.6 is 7.82 Å². The highest BCUT2D eigenvalue weighted by molar-refractivity contribution is 7.47. The Hall–Kier alpha value is -1.67. The molecule has 6 N–H and O–H groups in total. The van der Waals surface area contributed by atoms with Crippen LogP contribution < -0.4 is 0 Å². The van der Waals surface area contributed by atoms with Gasteiger partial charge in [0.1, 0.15) is 43.2 Å². The number of rotatable bonds is 45. The summed E-state index contributed by atoms with van der Waals surface area (Å²) in [4.78, 5) is 35.7. The molecule has 1 aliphatic rings. The number of hydrogen-bond donors (Lipinski definition) is 6. The zero-order valence-electron chi connectivity index (χ0n) is 41.5. The molecule has 0 radical (unpaired) electrons. The Kier molecular flexibility index (Phi) is 39.9. The van der Waals surface area contributed by atoms with E-state index in [4.69, 9.17) is 18.5 Å². The molecular formula is C52H97O13P. The topological polar surface area (TPSA) is 210 Å². The lowest BCUT2D eigenvalue weighted by atomic mass is 9.85. The van der Waals surface area contributed by atoms with E-state index in [1.807, 2.05) is 6.08 Å². The molecule has 1 aliphatic carbocycles. The van der Waals surface area contributed by atoms with Gasteiger partial charge < -0.3 is 39.9 Å². The molecule has 0 saturated heterocycles. The Morgan fingerprint density at radius 3 is 1.27 bits per heavy atom. The van der Waals surface area contributed by atoms with Crippen molar-refractivity contribution < 1.29 is 63.1 Å². The molecular weight excluding hydrogens is 864 g/mol. The number of aliphatic hydroxyl groups is 5. The van der Waals surface area contributed by atoms with Gasteiger partial charge in [-0.3, -0.25) is 13.8 Å². The fourth-order valence-electron chi connectivity index (χ4n) is 8.37. The Morgan fingerprint density at radius 1 is 0.500 bits per heavy atom. The molecule has 0 aromatic rings. The summed E-state index contributed by atoms with van der Waals surface area (Å²) in [6.45, 7) is 3.24. The number of carbonyl (C=O) groups is 2. The highest BCUT2D eigenvalue weighted by Crippen LogP contribution is 2.47. The number of esters is 2. The number of phosphoric ester groups is 1. The summed E-state index contributed by atoms with van der Waals surface area (Å²) in [5.74, 6) is -1.34. The number of carbonyl (C=O) groups excluding carboxylic acids is 2. The predicted molar refractivity (Wildman–Crippen MR) is 263 cm³/mol. The van der Waals surface area contributed by atoms with Gasteiger partial charge in [-0.2, -0.15) is 0 Å². The lowest BCUT2D eigenvalue weighted by molar-refractivity contribution is -0.220. The molecule has 66 heavy (non-hydrogen) atoms. The standard InChI is InChI=1S/C52H97O13P/c1-3-5-7-9-11-13-15-17-19-20-21-22-23-24-25-27-28-30-32-34-36-38-40-45(53)62-42-44(43-63-66(60,61)65-52-50(58)48(56)47(55)49(57)51(52)59)64-46(54)41-39-37-35-33-31-29-26-18-16-14-12-10-8-6-4-2/h35,37,39,41,44,47-52,55-59H,3-34,36,38,40,42-43H2,1-2H3,(H,60,61)/b37-35+,41-39+/t44-,47?,48-,49?,50?,51?,52?/m0/s1. The largest absolute Gasteiger partial charge is 0.472 e. The SMILES string of the molecule is CCCCCCCCCCCCC/C=C/C=C/C(=O)O[C@@H](COC(=O)CCCCCCCCCCCCCCCCCCCCCCCC)COP(=O)(O)OC1C(O)C(O)C(O)[C@H](O)C1O. The van der Waals surface area contributed by atoms with Gasteiger partial charge >= 0.3 is 19.8 Å². The number of aliphatic hydroxyl groups excluding tert-OH is 5. The van der Waals surface area contributed by atoms with Gasteiger partial charge in [-0.1, -0.05) is 231 Å². The molecule has 388 valence electrons. The van der Waals surface area contributed by atoms with Gasteiger partial charge in [0.15, 0.2) is 6.10 Å². The van der Waals surface area contributed by atoms with Crippen molar-refractivity contribution in [1.82, 2.24) is 0 Å². The normalized spacial score (nSPS) is 21.4. The molecule has 1 saturated carbocycles. The first-order chi connectivity index (χ1) is 31.9. The zero-order valence-corrected chi connectivity index (χ0v) is 42.4. The lowest BCUT2D eigenvalue weighted by Gasteiger charge is -2.41. The second-order valence-electron chi connectivity index (χ2n) is 18.8. The minimum atomic E-state index is -5.14. The molecule has 0 aromatic heterocycles. The third-order valence-electron chi connectivity index (χ3n) is 12.7. The first-order valence-electron chi connectivity index (χ1n) is 26.7. The van der Waals surface area contributed by atoms with Gasteiger partial charge in [0.2, 0.25) is 0 Å². The summed E-state index contributed by atoms with van der Waals surface area (Å²) in [6, 6.07) is 0. The van der Waals surface area contributed by atoms with E-state index in [0.29, 0.717) is 6.42 Å². The number of hydrogen-bond acceptors (Lipinski definition) is 12. The molecule has 0 aromatic carbocycles. The molecule has 1 rings (SSSR count). The van der Waals surface area contributed by atoms with Gasteiger partial charge in [-0.05, 0) is 19.3 Å². The first-order valence-corrected chi connectivity index (χ1v) is 28.2.